The van der Waals surface area contributed by atoms with Crippen LogP contribution in [0, 0.1) is 11.7 Å². The van der Waals surface area contributed by atoms with Gasteiger partial charge in [-0.1, -0.05) is 90.5 Å². The maximum Gasteiger partial charge on any atom is 0.185 e. The summed E-state index contributed by atoms with van der Waals surface area (Å²) in [5.41, 5.74) is 1.93. The summed E-state index contributed by atoms with van der Waals surface area (Å²) in [4.78, 5) is 4.49. The summed E-state index contributed by atoms with van der Waals surface area (Å²) >= 11 is 0. The lowest BCUT2D eigenvalue weighted by atomic mass is 10.0. The molecule has 5 heteroatoms. The number of hydrogen-bond donors (Lipinski definition) is 0. The molecule has 1 fully saturated rings. The van der Waals surface area contributed by atoms with Crippen molar-refractivity contribution in [3.63, 3.8) is 0 Å². The summed E-state index contributed by atoms with van der Waals surface area (Å²) in [5.74, 6) is 0.717. The molecule has 0 atom stereocenters. The number of halogens is 1. The third-order valence-electron chi connectivity index (χ3n) is 6.97. The lowest BCUT2D eigenvalue weighted by Gasteiger charge is -2.29. The van der Waals surface area contributed by atoms with Gasteiger partial charge in [0, 0.05) is 29.3 Å². The summed E-state index contributed by atoms with van der Waals surface area (Å²) in [6.07, 6.45) is 17.6. The van der Waals surface area contributed by atoms with Gasteiger partial charge in [-0.15, -0.1) is 0 Å². The van der Waals surface area contributed by atoms with Crippen LogP contribution < -0.4 is 4.74 Å². The fourth-order valence-corrected chi connectivity index (χ4v) is 4.69. The van der Waals surface area contributed by atoms with E-state index in [2.05, 4.69) is 18.8 Å². The lowest BCUT2D eigenvalue weighted by Crippen LogP contribution is -2.27. The lowest BCUT2D eigenvalue weighted by molar-refractivity contribution is -0.206. The first-order valence-electron chi connectivity index (χ1n) is 14.3. The van der Waals surface area contributed by atoms with E-state index in [-0.39, 0.29) is 5.82 Å². The molecule has 1 aliphatic rings. The third kappa shape index (κ3) is 9.82. The fraction of sp³-hybridized carbons (Fsp3) is 0.645. The number of ether oxygens (including phenoxy) is 3. The van der Waals surface area contributed by atoms with Crippen LogP contribution in [0.4, 0.5) is 4.39 Å². The molecule has 36 heavy (non-hydrogen) atoms. The zero-order valence-corrected chi connectivity index (χ0v) is 22.5. The van der Waals surface area contributed by atoms with E-state index in [9.17, 15) is 4.39 Å². The Morgan fingerprint density at radius 1 is 0.833 bits per heavy atom. The molecule has 0 unspecified atom stereocenters. The predicted molar refractivity (Wildman–Crippen MR) is 145 cm³/mol. The van der Waals surface area contributed by atoms with Crippen LogP contribution in [0.15, 0.2) is 36.5 Å². The predicted octanol–water partition coefficient (Wildman–Crippen LogP) is 9.04. The normalized spacial score (nSPS) is 17.9. The van der Waals surface area contributed by atoms with Crippen molar-refractivity contribution >= 4 is 0 Å². The molecule has 1 saturated heterocycles. The highest BCUT2D eigenvalue weighted by molar-refractivity contribution is 5.61. The molecule has 0 N–H and O–H groups in total. The number of nitrogens with zero attached hydrogens (tertiary/aromatic N) is 1. The smallest absolute Gasteiger partial charge is 0.185 e. The van der Waals surface area contributed by atoms with Crippen LogP contribution in [-0.4, -0.2) is 24.8 Å². The number of pyridine rings is 1. The first-order chi connectivity index (χ1) is 17.7. The van der Waals surface area contributed by atoms with Crippen LogP contribution in [0.3, 0.4) is 0 Å². The Kier molecular flexibility index (Phi) is 13.3. The minimum atomic E-state index is -0.394. The van der Waals surface area contributed by atoms with Gasteiger partial charge in [-0.2, -0.15) is 0 Å². The Bertz CT molecular complexity index is 849. The van der Waals surface area contributed by atoms with Crippen molar-refractivity contribution in [1.82, 2.24) is 4.98 Å². The Hall–Kier alpha value is -1.98. The van der Waals surface area contributed by atoms with Crippen molar-refractivity contribution in [2.75, 3.05) is 19.8 Å². The molecule has 200 valence electrons. The summed E-state index contributed by atoms with van der Waals surface area (Å²) in [7, 11) is 0. The quantitative estimate of drug-likeness (QED) is 0.204. The summed E-state index contributed by atoms with van der Waals surface area (Å²) in [6, 6.07) is 8.78. The topological polar surface area (TPSA) is 40.6 Å². The molecule has 1 aromatic carbocycles. The highest BCUT2D eigenvalue weighted by atomic mass is 19.1. The molecule has 1 aromatic heterocycles. The van der Waals surface area contributed by atoms with Gasteiger partial charge in [0.1, 0.15) is 11.6 Å². The molecular weight excluding hydrogens is 453 g/mol. The van der Waals surface area contributed by atoms with Gasteiger partial charge in [-0.05, 0) is 31.0 Å². The van der Waals surface area contributed by atoms with Gasteiger partial charge in [-0.3, -0.25) is 4.98 Å². The molecule has 0 amide bonds. The van der Waals surface area contributed by atoms with Gasteiger partial charge >= 0.3 is 0 Å². The second-order valence-electron chi connectivity index (χ2n) is 10.2. The fourth-order valence-electron chi connectivity index (χ4n) is 4.69. The van der Waals surface area contributed by atoms with Crippen LogP contribution in [0.25, 0.3) is 11.3 Å². The largest absolute Gasteiger partial charge is 0.493 e. The Labute approximate surface area is 218 Å². The van der Waals surface area contributed by atoms with Gasteiger partial charge in [-0.25, -0.2) is 4.39 Å². The Balaban J connectivity index is 1.40. The molecule has 2 heterocycles. The van der Waals surface area contributed by atoms with Gasteiger partial charge < -0.3 is 14.2 Å². The zero-order chi connectivity index (χ0) is 25.4. The molecule has 0 radical (unpaired) electrons. The number of unbranched alkanes of at least 4 members (excludes halogenated alkanes) is 10. The summed E-state index contributed by atoms with van der Waals surface area (Å²) < 4.78 is 32.5. The van der Waals surface area contributed by atoms with Crippen molar-refractivity contribution in [3.05, 3.63) is 47.9 Å². The van der Waals surface area contributed by atoms with Crippen LogP contribution in [0.1, 0.15) is 109 Å². The molecule has 0 bridgehead atoms. The van der Waals surface area contributed by atoms with Gasteiger partial charge in [0.25, 0.3) is 0 Å². The third-order valence-corrected chi connectivity index (χ3v) is 6.97. The molecule has 0 saturated carbocycles. The second-order valence-corrected chi connectivity index (χ2v) is 10.2. The van der Waals surface area contributed by atoms with E-state index < -0.39 is 6.29 Å². The first kappa shape index (κ1) is 28.6. The number of benzene rings is 1. The van der Waals surface area contributed by atoms with Crippen LogP contribution in [-0.2, 0) is 9.47 Å². The molecule has 3 rings (SSSR count). The molecular formula is C31H46FNO3. The molecule has 0 spiro atoms. The maximum absolute atomic E-state index is 14.8. The van der Waals surface area contributed by atoms with E-state index >= 15 is 0 Å². The Morgan fingerprint density at radius 3 is 2.14 bits per heavy atom. The van der Waals surface area contributed by atoms with Crippen molar-refractivity contribution in [3.8, 4) is 17.0 Å². The van der Waals surface area contributed by atoms with E-state index in [0.29, 0.717) is 29.5 Å². The van der Waals surface area contributed by atoms with Gasteiger partial charge in [0.2, 0.25) is 0 Å². The average molecular weight is 500 g/mol. The average Bonchev–Trinajstić information content (AvgIpc) is 2.91. The van der Waals surface area contributed by atoms with Crippen molar-refractivity contribution in [2.45, 2.75) is 104 Å². The molecule has 1 aliphatic heterocycles. The van der Waals surface area contributed by atoms with Crippen LogP contribution >= 0.6 is 0 Å². The van der Waals surface area contributed by atoms with Crippen molar-refractivity contribution in [1.29, 1.82) is 0 Å². The SMILES string of the molecule is CCCCCCCCOc1ccc(-c2ccc(C3OCC(CCCCCCCC)CO3)cn2)c(F)c1. The van der Waals surface area contributed by atoms with Gasteiger partial charge in [0.15, 0.2) is 6.29 Å². The van der Waals surface area contributed by atoms with Gasteiger partial charge in [0.05, 0.1) is 25.5 Å². The molecule has 4 nitrogen and oxygen atoms in total. The highest BCUT2D eigenvalue weighted by Crippen LogP contribution is 2.30. The monoisotopic (exact) mass is 499 g/mol. The maximum atomic E-state index is 14.8. The van der Waals surface area contributed by atoms with Crippen LogP contribution in [0.2, 0.25) is 0 Å². The number of rotatable bonds is 17. The minimum absolute atomic E-state index is 0.321. The van der Waals surface area contributed by atoms with E-state index in [1.165, 1.54) is 70.3 Å². The molecule has 0 aliphatic carbocycles. The highest BCUT2D eigenvalue weighted by Gasteiger charge is 2.23. The summed E-state index contributed by atoms with van der Waals surface area (Å²) in [6.45, 7) is 6.53. The Morgan fingerprint density at radius 2 is 1.50 bits per heavy atom. The van der Waals surface area contributed by atoms with E-state index in [1.807, 2.05) is 18.2 Å². The molecule has 2 aromatic rings. The van der Waals surface area contributed by atoms with Crippen molar-refractivity contribution < 1.29 is 18.6 Å². The van der Waals surface area contributed by atoms with E-state index in [4.69, 9.17) is 14.2 Å². The van der Waals surface area contributed by atoms with E-state index in [0.717, 1.165) is 38.0 Å². The number of hydrogen-bond acceptors (Lipinski definition) is 4. The van der Waals surface area contributed by atoms with E-state index in [1.54, 1.807) is 12.3 Å². The first-order valence-corrected chi connectivity index (χ1v) is 14.3. The second kappa shape index (κ2) is 16.7. The summed E-state index contributed by atoms with van der Waals surface area (Å²) in [5, 5.41) is 0. The van der Waals surface area contributed by atoms with Crippen molar-refractivity contribution in [2.24, 2.45) is 5.92 Å². The zero-order valence-electron chi connectivity index (χ0n) is 22.5. The minimum Gasteiger partial charge on any atom is -0.493 e. The standard InChI is InChI=1S/C31H46FNO3/c1-3-5-7-9-11-13-15-25-23-35-31(36-24-25)26-16-19-30(33-22-26)28-18-17-27(21-29(28)32)34-20-14-12-10-8-6-4-2/h16-19,21-22,25,31H,3-15,20,23-24H2,1-2H3. The van der Waals surface area contributed by atoms with Crippen LogP contribution in [0.5, 0.6) is 5.75 Å². The number of aromatic nitrogens is 1.